The van der Waals surface area contributed by atoms with Crippen molar-refractivity contribution < 1.29 is 24.9 Å². The summed E-state index contributed by atoms with van der Waals surface area (Å²) in [5.41, 5.74) is 0.0168. The van der Waals surface area contributed by atoms with Gasteiger partial charge in [-0.25, -0.2) is 0 Å². The lowest BCUT2D eigenvalue weighted by atomic mass is 10.0. The van der Waals surface area contributed by atoms with Crippen molar-refractivity contribution >= 4 is 11.9 Å². The molecule has 1 aromatic carbocycles. The van der Waals surface area contributed by atoms with Crippen molar-refractivity contribution in [3.05, 3.63) is 23.8 Å². The molecule has 0 fully saturated rings. The van der Waals surface area contributed by atoms with Gasteiger partial charge in [-0.2, -0.15) is 0 Å². The quantitative estimate of drug-likeness (QED) is 0.569. The Hall–Kier alpha value is -2.24. The molecule has 0 saturated heterocycles. The topological polar surface area (TPSA) is 107 Å². The minimum absolute atomic E-state index is 0.0168. The lowest BCUT2D eigenvalue weighted by molar-refractivity contribution is -0.137. The second-order valence-corrected chi connectivity index (χ2v) is 4.76. The van der Waals surface area contributed by atoms with E-state index in [0.29, 0.717) is 19.4 Å². The molecule has 0 saturated carbocycles. The molecule has 4 N–H and O–H groups in total. The number of carboxylic acids is 1. The van der Waals surface area contributed by atoms with E-state index in [0.717, 1.165) is 0 Å². The van der Waals surface area contributed by atoms with Crippen molar-refractivity contribution in [2.24, 2.45) is 5.92 Å². The number of phenolic OH excluding ortho intramolecular Hbond substituents is 2. The number of hydrogen-bond donors (Lipinski definition) is 4. The Morgan fingerprint density at radius 1 is 1.25 bits per heavy atom. The summed E-state index contributed by atoms with van der Waals surface area (Å²) < 4.78 is 0. The van der Waals surface area contributed by atoms with Crippen LogP contribution in [0.15, 0.2) is 18.2 Å². The molecule has 0 aliphatic heterocycles. The molecule has 1 amide bonds. The molecular formula is C14H19NO5. The van der Waals surface area contributed by atoms with Gasteiger partial charge in [-0.1, -0.05) is 13.0 Å². The molecule has 6 nitrogen and oxygen atoms in total. The van der Waals surface area contributed by atoms with Crippen LogP contribution in [0.1, 0.15) is 36.5 Å². The first-order valence-electron chi connectivity index (χ1n) is 6.42. The van der Waals surface area contributed by atoms with Crippen LogP contribution >= 0.6 is 0 Å². The molecule has 0 aliphatic rings. The highest BCUT2D eigenvalue weighted by Crippen LogP contribution is 2.27. The maximum atomic E-state index is 11.8. The van der Waals surface area contributed by atoms with Crippen molar-refractivity contribution in [3.8, 4) is 11.5 Å². The number of benzene rings is 1. The Morgan fingerprint density at radius 2 is 1.95 bits per heavy atom. The molecule has 20 heavy (non-hydrogen) atoms. The Labute approximate surface area is 117 Å². The highest BCUT2D eigenvalue weighted by Gasteiger charge is 2.13. The molecule has 110 valence electrons. The van der Waals surface area contributed by atoms with Crippen LogP contribution in [0, 0.1) is 5.92 Å². The zero-order valence-electron chi connectivity index (χ0n) is 11.3. The third-order valence-electron chi connectivity index (χ3n) is 3.03. The van der Waals surface area contributed by atoms with E-state index in [-0.39, 0.29) is 23.7 Å². The standard InChI is InChI=1S/C14H19NO5/c1-9(5-6-12(17)18)7-8-15-14(20)10-3-2-4-11(16)13(10)19/h2-4,9,16,19H,5-8H2,1H3,(H,15,20)(H,17,18). The van der Waals surface area contributed by atoms with Crippen molar-refractivity contribution in [2.45, 2.75) is 26.2 Å². The fourth-order valence-corrected chi connectivity index (χ4v) is 1.76. The van der Waals surface area contributed by atoms with Crippen LogP contribution in [0.2, 0.25) is 0 Å². The van der Waals surface area contributed by atoms with Crippen LogP contribution in [-0.2, 0) is 4.79 Å². The Kier molecular flexibility index (Phi) is 5.83. The van der Waals surface area contributed by atoms with E-state index in [4.69, 9.17) is 5.11 Å². The number of aliphatic carboxylic acids is 1. The lowest BCUT2D eigenvalue weighted by Gasteiger charge is -2.11. The third kappa shape index (κ3) is 4.79. The lowest BCUT2D eigenvalue weighted by Crippen LogP contribution is -2.25. The number of nitrogens with one attached hydrogen (secondary N) is 1. The van der Waals surface area contributed by atoms with Gasteiger partial charge >= 0.3 is 5.97 Å². The van der Waals surface area contributed by atoms with E-state index in [1.54, 1.807) is 0 Å². The Balaban J connectivity index is 2.40. The summed E-state index contributed by atoms with van der Waals surface area (Å²) in [5.74, 6) is -1.89. The van der Waals surface area contributed by atoms with Gasteiger partial charge in [0, 0.05) is 13.0 Å². The van der Waals surface area contributed by atoms with Crippen molar-refractivity contribution in [1.82, 2.24) is 5.32 Å². The number of amides is 1. The number of carbonyl (C=O) groups is 2. The summed E-state index contributed by atoms with van der Waals surface area (Å²) in [6.45, 7) is 2.30. The van der Waals surface area contributed by atoms with Gasteiger partial charge in [-0.3, -0.25) is 9.59 Å². The zero-order chi connectivity index (χ0) is 15.1. The molecule has 1 atom stereocenters. The second kappa shape index (κ2) is 7.37. The van der Waals surface area contributed by atoms with Crippen LogP contribution in [0.4, 0.5) is 0 Å². The molecule has 0 radical (unpaired) electrons. The SMILES string of the molecule is CC(CCNC(=O)c1cccc(O)c1O)CCC(=O)O. The summed E-state index contributed by atoms with van der Waals surface area (Å²) >= 11 is 0. The van der Waals surface area contributed by atoms with E-state index < -0.39 is 17.6 Å². The smallest absolute Gasteiger partial charge is 0.303 e. The monoisotopic (exact) mass is 281 g/mol. The van der Waals surface area contributed by atoms with Crippen LogP contribution in [0.3, 0.4) is 0 Å². The van der Waals surface area contributed by atoms with Gasteiger partial charge in [0.2, 0.25) is 0 Å². The van der Waals surface area contributed by atoms with Crippen LogP contribution in [0.25, 0.3) is 0 Å². The van der Waals surface area contributed by atoms with E-state index in [9.17, 15) is 19.8 Å². The predicted molar refractivity (Wildman–Crippen MR) is 72.8 cm³/mol. The normalized spacial score (nSPS) is 11.8. The average Bonchev–Trinajstić information content (AvgIpc) is 2.39. The number of hydrogen-bond acceptors (Lipinski definition) is 4. The van der Waals surface area contributed by atoms with Crippen LogP contribution in [0.5, 0.6) is 11.5 Å². The van der Waals surface area contributed by atoms with Gasteiger partial charge in [0.25, 0.3) is 5.91 Å². The minimum Gasteiger partial charge on any atom is -0.504 e. The molecule has 0 bridgehead atoms. The predicted octanol–water partition coefficient (Wildman–Crippen LogP) is 1.72. The van der Waals surface area contributed by atoms with Gasteiger partial charge in [-0.15, -0.1) is 0 Å². The van der Waals surface area contributed by atoms with Gasteiger partial charge < -0.3 is 20.6 Å². The summed E-state index contributed by atoms with van der Waals surface area (Å²) in [6, 6.07) is 4.18. The van der Waals surface area contributed by atoms with Gasteiger partial charge in [0.1, 0.15) is 0 Å². The maximum absolute atomic E-state index is 11.8. The summed E-state index contributed by atoms with van der Waals surface area (Å²) in [5, 5.41) is 30.0. The molecule has 1 rings (SSSR count). The van der Waals surface area contributed by atoms with Crippen LogP contribution < -0.4 is 5.32 Å². The highest BCUT2D eigenvalue weighted by atomic mass is 16.4. The second-order valence-electron chi connectivity index (χ2n) is 4.76. The zero-order valence-corrected chi connectivity index (χ0v) is 11.3. The molecule has 0 heterocycles. The molecular weight excluding hydrogens is 262 g/mol. The molecule has 0 aliphatic carbocycles. The fourth-order valence-electron chi connectivity index (χ4n) is 1.76. The molecule has 1 unspecified atom stereocenters. The first-order chi connectivity index (χ1) is 9.41. The van der Waals surface area contributed by atoms with E-state index in [1.807, 2.05) is 6.92 Å². The highest BCUT2D eigenvalue weighted by molar-refractivity contribution is 5.97. The molecule has 0 aromatic heterocycles. The number of carbonyl (C=O) groups excluding carboxylic acids is 1. The van der Waals surface area contributed by atoms with Gasteiger partial charge in [-0.05, 0) is 30.9 Å². The third-order valence-corrected chi connectivity index (χ3v) is 3.03. The summed E-state index contributed by atoms with van der Waals surface area (Å²) in [6.07, 6.45) is 1.32. The van der Waals surface area contributed by atoms with Crippen molar-refractivity contribution in [3.63, 3.8) is 0 Å². The van der Waals surface area contributed by atoms with Crippen molar-refractivity contribution in [1.29, 1.82) is 0 Å². The number of rotatable bonds is 7. The summed E-state index contributed by atoms with van der Waals surface area (Å²) in [7, 11) is 0. The van der Waals surface area contributed by atoms with Gasteiger partial charge in [0.15, 0.2) is 11.5 Å². The van der Waals surface area contributed by atoms with E-state index in [2.05, 4.69) is 5.32 Å². The minimum atomic E-state index is -0.828. The van der Waals surface area contributed by atoms with Crippen molar-refractivity contribution in [2.75, 3.05) is 6.54 Å². The molecule has 6 heteroatoms. The van der Waals surface area contributed by atoms with Crippen LogP contribution in [-0.4, -0.2) is 33.7 Å². The molecule has 1 aromatic rings. The first kappa shape index (κ1) is 15.8. The fraction of sp³-hybridized carbons (Fsp3) is 0.429. The Morgan fingerprint density at radius 3 is 2.60 bits per heavy atom. The van der Waals surface area contributed by atoms with E-state index >= 15 is 0 Å². The maximum Gasteiger partial charge on any atom is 0.303 e. The van der Waals surface area contributed by atoms with Gasteiger partial charge in [0.05, 0.1) is 5.56 Å². The Bertz CT molecular complexity index is 486. The molecule has 0 spiro atoms. The largest absolute Gasteiger partial charge is 0.504 e. The number of phenols is 2. The first-order valence-corrected chi connectivity index (χ1v) is 6.42. The summed E-state index contributed by atoms with van der Waals surface area (Å²) in [4.78, 5) is 22.2. The number of aromatic hydroxyl groups is 2. The number of carboxylic acid groups (broad SMARTS) is 1. The van der Waals surface area contributed by atoms with E-state index in [1.165, 1.54) is 18.2 Å². The number of para-hydroxylation sites is 1. The average molecular weight is 281 g/mol.